The standard InChI is InChI=1S/C14H21FN2O2/c1-3-17(4-2)10-9-16-13(14(18)19)11-5-7-12(15)8-6-11/h5-8,13,16H,3-4,9-10H2,1-2H3,(H,18,19). The normalized spacial score (nSPS) is 12.6. The topological polar surface area (TPSA) is 52.6 Å². The summed E-state index contributed by atoms with van der Waals surface area (Å²) in [5.41, 5.74) is 0.563. The van der Waals surface area contributed by atoms with E-state index in [1.54, 1.807) is 0 Å². The van der Waals surface area contributed by atoms with Gasteiger partial charge in [-0.25, -0.2) is 4.39 Å². The molecule has 0 saturated heterocycles. The Morgan fingerprint density at radius 3 is 2.37 bits per heavy atom. The summed E-state index contributed by atoms with van der Waals surface area (Å²) < 4.78 is 12.8. The minimum absolute atomic E-state index is 0.365. The largest absolute Gasteiger partial charge is 0.480 e. The van der Waals surface area contributed by atoms with Gasteiger partial charge in [0.1, 0.15) is 11.9 Å². The van der Waals surface area contributed by atoms with Gasteiger partial charge in [-0.15, -0.1) is 0 Å². The van der Waals surface area contributed by atoms with Crippen LogP contribution in [0.2, 0.25) is 0 Å². The Morgan fingerprint density at radius 1 is 1.32 bits per heavy atom. The second-order valence-electron chi connectivity index (χ2n) is 4.30. The average Bonchev–Trinajstić information content (AvgIpc) is 2.40. The molecule has 1 atom stereocenters. The number of hydrogen-bond acceptors (Lipinski definition) is 3. The number of nitrogens with zero attached hydrogens (tertiary/aromatic N) is 1. The van der Waals surface area contributed by atoms with Crippen LogP contribution in [0.3, 0.4) is 0 Å². The lowest BCUT2D eigenvalue weighted by atomic mass is 10.1. The highest BCUT2D eigenvalue weighted by atomic mass is 19.1. The van der Waals surface area contributed by atoms with Crippen LogP contribution in [0.15, 0.2) is 24.3 Å². The van der Waals surface area contributed by atoms with Gasteiger partial charge < -0.3 is 10.0 Å². The molecule has 0 fully saturated rings. The highest BCUT2D eigenvalue weighted by Gasteiger charge is 2.18. The first-order valence-corrected chi connectivity index (χ1v) is 6.52. The number of aliphatic carboxylic acids is 1. The molecule has 1 aromatic rings. The number of hydrogen-bond donors (Lipinski definition) is 2. The third-order valence-electron chi connectivity index (χ3n) is 3.12. The lowest BCUT2D eigenvalue weighted by Crippen LogP contribution is -2.36. The summed E-state index contributed by atoms with van der Waals surface area (Å²) in [4.78, 5) is 13.4. The summed E-state index contributed by atoms with van der Waals surface area (Å²) in [5.74, 6) is -1.32. The second-order valence-corrected chi connectivity index (χ2v) is 4.30. The molecule has 1 rings (SSSR count). The summed E-state index contributed by atoms with van der Waals surface area (Å²) in [6.07, 6.45) is 0. The van der Waals surface area contributed by atoms with E-state index in [1.807, 2.05) is 0 Å². The summed E-state index contributed by atoms with van der Waals surface area (Å²) >= 11 is 0. The predicted molar refractivity (Wildman–Crippen MR) is 72.6 cm³/mol. The van der Waals surface area contributed by atoms with E-state index in [-0.39, 0.29) is 5.82 Å². The van der Waals surface area contributed by atoms with E-state index in [1.165, 1.54) is 24.3 Å². The fourth-order valence-electron chi connectivity index (χ4n) is 1.91. The molecule has 0 amide bonds. The van der Waals surface area contributed by atoms with E-state index >= 15 is 0 Å². The van der Waals surface area contributed by atoms with Crippen molar-refractivity contribution < 1.29 is 14.3 Å². The van der Waals surface area contributed by atoms with E-state index in [0.717, 1.165) is 19.6 Å². The Bertz CT molecular complexity index is 391. The van der Waals surface area contributed by atoms with Crippen molar-refractivity contribution in [3.05, 3.63) is 35.6 Å². The highest BCUT2D eigenvalue weighted by Crippen LogP contribution is 2.13. The Hall–Kier alpha value is -1.46. The van der Waals surface area contributed by atoms with E-state index in [0.29, 0.717) is 12.1 Å². The zero-order valence-electron chi connectivity index (χ0n) is 11.4. The molecule has 0 bridgehead atoms. The molecule has 0 saturated carbocycles. The van der Waals surface area contributed by atoms with E-state index in [4.69, 9.17) is 0 Å². The molecule has 1 aromatic carbocycles. The van der Waals surface area contributed by atoms with Gasteiger partial charge in [-0.1, -0.05) is 26.0 Å². The third-order valence-corrected chi connectivity index (χ3v) is 3.12. The molecule has 0 heterocycles. The molecular weight excluding hydrogens is 247 g/mol. The zero-order chi connectivity index (χ0) is 14.3. The number of halogens is 1. The van der Waals surface area contributed by atoms with Crippen molar-refractivity contribution in [2.24, 2.45) is 0 Å². The Labute approximate surface area is 113 Å². The summed E-state index contributed by atoms with van der Waals surface area (Å²) in [6.45, 7) is 7.38. The van der Waals surface area contributed by atoms with E-state index in [2.05, 4.69) is 24.1 Å². The number of benzene rings is 1. The SMILES string of the molecule is CCN(CC)CCNC(C(=O)O)c1ccc(F)cc1. The first-order chi connectivity index (χ1) is 9.08. The van der Waals surface area contributed by atoms with Crippen molar-refractivity contribution in [1.82, 2.24) is 10.2 Å². The van der Waals surface area contributed by atoms with Gasteiger partial charge in [0.05, 0.1) is 0 Å². The smallest absolute Gasteiger partial charge is 0.325 e. The maximum atomic E-state index is 12.8. The molecule has 0 aliphatic rings. The molecule has 0 aromatic heterocycles. The number of likely N-dealkylation sites (N-methyl/N-ethyl adjacent to an activating group) is 1. The molecule has 0 aliphatic carbocycles. The number of carboxylic acid groups (broad SMARTS) is 1. The first kappa shape index (κ1) is 15.6. The van der Waals surface area contributed by atoms with Crippen molar-refractivity contribution in [1.29, 1.82) is 0 Å². The quantitative estimate of drug-likeness (QED) is 0.756. The molecule has 106 valence electrons. The average molecular weight is 268 g/mol. The first-order valence-electron chi connectivity index (χ1n) is 6.52. The highest BCUT2D eigenvalue weighted by molar-refractivity contribution is 5.75. The minimum atomic E-state index is -0.953. The van der Waals surface area contributed by atoms with Gasteiger partial charge in [0.15, 0.2) is 0 Å². The summed E-state index contributed by atoms with van der Waals surface area (Å²) in [7, 11) is 0. The van der Waals surface area contributed by atoms with E-state index in [9.17, 15) is 14.3 Å². The van der Waals surface area contributed by atoms with Crippen molar-refractivity contribution >= 4 is 5.97 Å². The monoisotopic (exact) mass is 268 g/mol. The van der Waals surface area contributed by atoms with Crippen molar-refractivity contribution in [2.45, 2.75) is 19.9 Å². The number of nitrogens with one attached hydrogen (secondary N) is 1. The number of carbonyl (C=O) groups is 1. The maximum absolute atomic E-state index is 12.8. The molecule has 19 heavy (non-hydrogen) atoms. The molecule has 0 radical (unpaired) electrons. The lowest BCUT2D eigenvalue weighted by molar-refractivity contribution is -0.139. The Balaban J connectivity index is 2.59. The Kier molecular flexibility index (Phi) is 6.45. The van der Waals surface area contributed by atoms with Crippen molar-refractivity contribution in [3.63, 3.8) is 0 Å². The minimum Gasteiger partial charge on any atom is -0.480 e. The van der Waals surface area contributed by atoms with Crippen LogP contribution in [-0.4, -0.2) is 42.2 Å². The van der Waals surface area contributed by atoms with Gasteiger partial charge in [0, 0.05) is 13.1 Å². The van der Waals surface area contributed by atoms with Crippen LogP contribution >= 0.6 is 0 Å². The molecule has 5 heteroatoms. The Morgan fingerprint density at radius 2 is 1.89 bits per heavy atom. The molecule has 0 spiro atoms. The van der Waals surface area contributed by atoms with Crippen LogP contribution in [0.5, 0.6) is 0 Å². The van der Waals surface area contributed by atoms with Gasteiger partial charge in [-0.05, 0) is 30.8 Å². The number of rotatable bonds is 8. The zero-order valence-corrected chi connectivity index (χ0v) is 11.4. The van der Waals surface area contributed by atoms with Crippen molar-refractivity contribution in [2.75, 3.05) is 26.2 Å². The third kappa shape index (κ3) is 4.96. The van der Waals surface area contributed by atoms with Crippen LogP contribution in [0.1, 0.15) is 25.5 Å². The molecule has 1 unspecified atom stereocenters. The molecular formula is C14H21FN2O2. The molecule has 0 aliphatic heterocycles. The van der Waals surface area contributed by atoms with Gasteiger partial charge in [0.2, 0.25) is 0 Å². The van der Waals surface area contributed by atoms with Gasteiger partial charge >= 0.3 is 5.97 Å². The van der Waals surface area contributed by atoms with Crippen LogP contribution < -0.4 is 5.32 Å². The van der Waals surface area contributed by atoms with Gasteiger partial charge in [-0.3, -0.25) is 10.1 Å². The predicted octanol–water partition coefficient (Wildman–Crippen LogP) is 1.88. The van der Waals surface area contributed by atoms with Crippen LogP contribution in [0.4, 0.5) is 4.39 Å². The lowest BCUT2D eigenvalue weighted by Gasteiger charge is -2.20. The van der Waals surface area contributed by atoms with Crippen molar-refractivity contribution in [3.8, 4) is 0 Å². The van der Waals surface area contributed by atoms with Gasteiger partial charge in [-0.2, -0.15) is 0 Å². The van der Waals surface area contributed by atoms with Crippen LogP contribution in [0.25, 0.3) is 0 Å². The molecule has 4 nitrogen and oxygen atoms in total. The fourth-order valence-corrected chi connectivity index (χ4v) is 1.91. The fraction of sp³-hybridized carbons (Fsp3) is 0.500. The second kappa shape index (κ2) is 7.86. The summed E-state index contributed by atoms with van der Waals surface area (Å²) in [5, 5.41) is 12.2. The number of carboxylic acids is 1. The molecule has 2 N–H and O–H groups in total. The summed E-state index contributed by atoms with van der Waals surface area (Å²) in [6, 6.07) is 4.75. The van der Waals surface area contributed by atoms with Gasteiger partial charge in [0.25, 0.3) is 0 Å². The van der Waals surface area contributed by atoms with Crippen LogP contribution in [0, 0.1) is 5.82 Å². The van der Waals surface area contributed by atoms with Crippen LogP contribution in [-0.2, 0) is 4.79 Å². The maximum Gasteiger partial charge on any atom is 0.325 e. The van der Waals surface area contributed by atoms with E-state index < -0.39 is 12.0 Å².